The number of para-hydroxylation sites is 1. The number of carbonyl (C=O) groups is 1. The number of nitrogens with one attached hydrogen (secondary N) is 2. The summed E-state index contributed by atoms with van der Waals surface area (Å²) >= 11 is 0. The number of amides is 2. The van der Waals surface area contributed by atoms with Crippen molar-refractivity contribution in [1.29, 1.82) is 0 Å². The van der Waals surface area contributed by atoms with Crippen molar-refractivity contribution < 1.29 is 13.9 Å². The van der Waals surface area contributed by atoms with Gasteiger partial charge in [-0.1, -0.05) is 30.3 Å². The van der Waals surface area contributed by atoms with Crippen LogP contribution in [0.1, 0.15) is 11.1 Å². The summed E-state index contributed by atoms with van der Waals surface area (Å²) in [7, 11) is 1.62. The van der Waals surface area contributed by atoms with Crippen LogP contribution in [-0.4, -0.2) is 19.7 Å². The standard InChI is InChI=1S/C18H19FN2O2/c1-23-17-8-3-2-6-15(17)10-12-21-18(22)20-11-9-14-5-4-7-16(19)13-14/h2-9,11,13H,10,12H2,1H3,(H2,20,21,22)/b11-9+. The Kier molecular flexibility index (Phi) is 6.17. The molecule has 0 aliphatic carbocycles. The zero-order chi connectivity index (χ0) is 16.5. The molecule has 0 aliphatic rings. The van der Waals surface area contributed by atoms with Crippen LogP contribution < -0.4 is 15.4 Å². The molecule has 2 aromatic carbocycles. The molecule has 0 saturated carbocycles. The third-order valence-electron chi connectivity index (χ3n) is 3.21. The highest BCUT2D eigenvalue weighted by atomic mass is 19.1. The number of hydrogen-bond acceptors (Lipinski definition) is 2. The second kappa shape index (κ2) is 8.58. The molecular weight excluding hydrogens is 295 g/mol. The van der Waals surface area contributed by atoms with Gasteiger partial charge < -0.3 is 15.4 Å². The van der Waals surface area contributed by atoms with Crippen molar-refractivity contribution in [1.82, 2.24) is 10.6 Å². The first-order valence-electron chi connectivity index (χ1n) is 7.27. The molecule has 0 atom stereocenters. The van der Waals surface area contributed by atoms with Crippen LogP contribution in [0.15, 0.2) is 54.7 Å². The molecule has 0 fully saturated rings. The van der Waals surface area contributed by atoms with E-state index >= 15 is 0 Å². The molecule has 4 nitrogen and oxygen atoms in total. The van der Waals surface area contributed by atoms with E-state index in [4.69, 9.17) is 4.74 Å². The highest BCUT2D eigenvalue weighted by molar-refractivity contribution is 5.75. The lowest BCUT2D eigenvalue weighted by atomic mass is 10.1. The third-order valence-corrected chi connectivity index (χ3v) is 3.21. The maximum absolute atomic E-state index is 13.0. The molecule has 2 aromatic rings. The molecule has 0 spiro atoms. The van der Waals surface area contributed by atoms with Crippen molar-refractivity contribution in [3.8, 4) is 5.75 Å². The molecule has 0 saturated heterocycles. The average molecular weight is 314 g/mol. The Morgan fingerprint density at radius 2 is 2.04 bits per heavy atom. The van der Waals surface area contributed by atoms with Crippen molar-refractivity contribution in [2.24, 2.45) is 0 Å². The molecule has 0 aromatic heterocycles. The van der Waals surface area contributed by atoms with E-state index < -0.39 is 0 Å². The zero-order valence-corrected chi connectivity index (χ0v) is 12.9. The largest absolute Gasteiger partial charge is 0.496 e. The number of hydrogen-bond donors (Lipinski definition) is 2. The first kappa shape index (κ1) is 16.5. The van der Waals surface area contributed by atoms with Gasteiger partial charge in [-0.15, -0.1) is 0 Å². The van der Waals surface area contributed by atoms with Crippen LogP contribution in [0.3, 0.4) is 0 Å². The van der Waals surface area contributed by atoms with Gasteiger partial charge in [0.05, 0.1) is 7.11 Å². The Balaban J connectivity index is 1.75. The van der Waals surface area contributed by atoms with Crippen LogP contribution in [-0.2, 0) is 6.42 Å². The van der Waals surface area contributed by atoms with Gasteiger partial charge >= 0.3 is 6.03 Å². The second-order valence-corrected chi connectivity index (χ2v) is 4.85. The van der Waals surface area contributed by atoms with E-state index in [9.17, 15) is 9.18 Å². The van der Waals surface area contributed by atoms with Gasteiger partial charge in [-0.05, 0) is 41.8 Å². The van der Waals surface area contributed by atoms with Gasteiger partial charge in [-0.2, -0.15) is 0 Å². The number of ether oxygens (including phenoxy) is 1. The highest BCUT2D eigenvalue weighted by Gasteiger charge is 2.02. The monoisotopic (exact) mass is 314 g/mol. The first-order chi connectivity index (χ1) is 11.2. The van der Waals surface area contributed by atoms with E-state index in [1.165, 1.54) is 18.3 Å². The van der Waals surface area contributed by atoms with Gasteiger partial charge in [-0.25, -0.2) is 9.18 Å². The van der Waals surface area contributed by atoms with Gasteiger partial charge in [0, 0.05) is 12.7 Å². The fourth-order valence-electron chi connectivity index (χ4n) is 2.10. The molecule has 120 valence electrons. The topological polar surface area (TPSA) is 50.4 Å². The molecule has 2 rings (SSSR count). The molecule has 0 bridgehead atoms. The summed E-state index contributed by atoms with van der Waals surface area (Å²) in [6.07, 6.45) is 3.78. The Hall–Kier alpha value is -2.82. The second-order valence-electron chi connectivity index (χ2n) is 4.85. The fraction of sp³-hybridized carbons (Fsp3) is 0.167. The van der Waals surface area contributed by atoms with E-state index in [0.717, 1.165) is 11.3 Å². The Labute approximate surface area is 135 Å². The molecule has 23 heavy (non-hydrogen) atoms. The number of benzene rings is 2. The SMILES string of the molecule is COc1ccccc1CCNC(=O)N/C=C/c1cccc(F)c1. The Morgan fingerprint density at radius 3 is 2.83 bits per heavy atom. The summed E-state index contributed by atoms with van der Waals surface area (Å²) in [6, 6.07) is 13.5. The van der Waals surface area contributed by atoms with Crippen LogP contribution in [0.2, 0.25) is 0 Å². The predicted molar refractivity (Wildman–Crippen MR) is 88.7 cm³/mol. The normalized spacial score (nSPS) is 10.5. The molecule has 0 unspecified atom stereocenters. The first-order valence-corrected chi connectivity index (χ1v) is 7.27. The maximum atomic E-state index is 13.0. The number of methoxy groups -OCH3 is 1. The van der Waals surface area contributed by atoms with Crippen molar-refractivity contribution in [2.45, 2.75) is 6.42 Å². The van der Waals surface area contributed by atoms with Gasteiger partial charge in [0.2, 0.25) is 0 Å². The van der Waals surface area contributed by atoms with Crippen molar-refractivity contribution >= 4 is 12.1 Å². The summed E-state index contributed by atoms with van der Waals surface area (Å²) in [5.41, 5.74) is 1.71. The smallest absolute Gasteiger partial charge is 0.318 e. The summed E-state index contributed by atoms with van der Waals surface area (Å²) in [6.45, 7) is 0.486. The summed E-state index contributed by atoms with van der Waals surface area (Å²) in [4.78, 5) is 11.7. The van der Waals surface area contributed by atoms with Gasteiger partial charge in [-0.3, -0.25) is 0 Å². The van der Waals surface area contributed by atoms with Crippen molar-refractivity contribution in [3.63, 3.8) is 0 Å². The summed E-state index contributed by atoms with van der Waals surface area (Å²) in [5.74, 6) is 0.495. The number of carbonyl (C=O) groups excluding carboxylic acids is 1. The Morgan fingerprint density at radius 1 is 1.22 bits per heavy atom. The van der Waals surface area contributed by atoms with Crippen LogP contribution in [0.25, 0.3) is 6.08 Å². The lowest BCUT2D eigenvalue weighted by Crippen LogP contribution is -2.33. The van der Waals surface area contributed by atoms with Gasteiger partial charge in [0.15, 0.2) is 0 Å². The van der Waals surface area contributed by atoms with E-state index in [2.05, 4.69) is 10.6 Å². The van der Waals surface area contributed by atoms with Gasteiger partial charge in [0.1, 0.15) is 11.6 Å². The lowest BCUT2D eigenvalue weighted by molar-refractivity contribution is 0.244. The van der Waals surface area contributed by atoms with Crippen LogP contribution in [0, 0.1) is 5.82 Å². The molecule has 0 heterocycles. The average Bonchev–Trinajstić information content (AvgIpc) is 2.55. The van der Waals surface area contributed by atoms with Crippen LogP contribution in [0.4, 0.5) is 9.18 Å². The van der Waals surface area contributed by atoms with Crippen molar-refractivity contribution in [3.05, 3.63) is 71.7 Å². The summed E-state index contributed by atoms with van der Waals surface area (Å²) in [5, 5.41) is 5.33. The Bertz CT molecular complexity index is 686. The lowest BCUT2D eigenvalue weighted by Gasteiger charge is -2.08. The van der Waals surface area contributed by atoms with E-state index in [0.29, 0.717) is 18.5 Å². The molecule has 2 N–H and O–H groups in total. The minimum atomic E-state index is -0.312. The minimum absolute atomic E-state index is 0.312. The quantitative estimate of drug-likeness (QED) is 0.859. The van der Waals surface area contributed by atoms with E-state index in [1.54, 1.807) is 25.3 Å². The molecule has 2 amide bonds. The molecular formula is C18H19FN2O2. The third kappa shape index (κ3) is 5.47. The summed E-state index contributed by atoms with van der Waals surface area (Å²) < 4.78 is 18.3. The molecule has 0 radical (unpaired) electrons. The van der Waals surface area contributed by atoms with Crippen molar-refractivity contribution in [2.75, 3.05) is 13.7 Å². The highest BCUT2D eigenvalue weighted by Crippen LogP contribution is 2.17. The zero-order valence-electron chi connectivity index (χ0n) is 12.9. The van der Waals surface area contributed by atoms with Crippen LogP contribution >= 0.6 is 0 Å². The predicted octanol–water partition coefficient (Wildman–Crippen LogP) is 3.35. The van der Waals surface area contributed by atoms with Crippen LogP contribution in [0.5, 0.6) is 5.75 Å². The fourth-order valence-corrected chi connectivity index (χ4v) is 2.10. The molecule has 0 aliphatic heterocycles. The van der Waals surface area contributed by atoms with Gasteiger partial charge in [0.25, 0.3) is 0 Å². The number of halogens is 1. The van der Waals surface area contributed by atoms with E-state index in [-0.39, 0.29) is 11.8 Å². The van der Waals surface area contributed by atoms with E-state index in [1.807, 2.05) is 24.3 Å². The minimum Gasteiger partial charge on any atom is -0.496 e. The number of rotatable bonds is 6. The number of urea groups is 1. The molecule has 5 heteroatoms. The maximum Gasteiger partial charge on any atom is 0.318 e.